The quantitative estimate of drug-likeness (QED) is 0.196. The summed E-state index contributed by atoms with van der Waals surface area (Å²) in [6.07, 6.45) is 2.17. The van der Waals surface area contributed by atoms with Gasteiger partial charge in [-0.3, -0.25) is 4.79 Å². The van der Waals surface area contributed by atoms with E-state index in [1.165, 1.54) is 0 Å². The summed E-state index contributed by atoms with van der Waals surface area (Å²) in [5, 5.41) is 9.40. The lowest BCUT2D eigenvalue weighted by Gasteiger charge is -2.31. The molecular weight excluding hydrogens is 462 g/mol. The maximum absolute atomic E-state index is 13.1. The van der Waals surface area contributed by atoms with Crippen LogP contribution in [0.5, 0.6) is 11.5 Å². The lowest BCUT2D eigenvalue weighted by molar-refractivity contribution is -0.117. The highest BCUT2D eigenvalue weighted by molar-refractivity contribution is 6.10. The molecule has 5 heteroatoms. The van der Waals surface area contributed by atoms with Crippen LogP contribution in [-0.4, -0.2) is 19.2 Å². The summed E-state index contributed by atoms with van der Waals surface area (Å²) in [7, 11) is 1.58. The molecule has 3 aromatic carbocycles. The summed E-state index contributed by atoms with van der Waals surface area (Å²) < 4.78 is 11.4. The highest BCUT2D eigenvalue weighted by Gasteiger charge is 2.34. The number of rotatable bonds is 12. The van der Waals surface area contributed by atoms with Crippen molar-refractivity contribution in [3.8, 4) is 17.6 Å². The van der Waals surface area contributed by atoms with E-state index < -0.39 is 10.8 Å². The second-order valence-corrected chi connectivity index (χ2v) is 10.6. The number of hydrogen-bond acceptors (Lipinski definition) is 5. The molecule has 0 aliphatic rings. The van der Waals surface area contributed by atoms with Crippen molar-refractivity contribution in [2.45, 2.75) is 53.1 Å². The molecule has 3 rings (SSSR count). The second-order valence-electron chi connectivity index (χ2n) is 10.6. The first kappa shape index (κ1) is 27.7. The summed E-state index contributed by atoms with van der Waals surface area (Å²) in [6, 6.07) is 24.7. The van der Waals surface area contributed by atoms with Gasteiger partial charge in [0.2, 0.25) is 0 Å². The fourth-order valence-electron chi connectivity index (χ4n) is 4.81. The van der Waals surface area contributed by atoms with Gasteiger partial charge in [-0.05, 0) is 55.9 Å². The van der Waals surface area contributed by atoms with Crippen LogP contribution in [0.4, 0.5) is 0 Å². The molecule has 0 aromatic heterocycles. The Morgan fingerprint density at radius 3 is 2.30 bits per heavy atom. The topological polar surface area (TPSA) is 76.4 Å². The average Bonchev–Trinajstić information content (AvgIpc) is 2.91. The molecule has 5 nitrogen and oxygen atoms in total. The summed E-state index contributed by atoms with van der Waals surface area (Å²) in [5.74, 6) is 1.11. The Kier molecular flexibility index (Phi) is 8.89. The van der Waals surface area contributed by atoms with Crippen molar-refractivity contribution in [3.63, 3.8) is 0 Å². The van der Waals surface area contributed by atoms with Gasteiger partial charge in [0, 0.05) is 17.0 Å². The van der Waals surface area contributed by atoms with E-state index in [1.807, 2.05) is 63.2 Å². The van der Waals surface area contributed by atoms with Gasteiger partial charge in [0.15, 0.2) is 5.78 Å². The summed E-state index contributed by atoms with van der Waals surface area (Å²) >= 11 is 0. The van der Waals surface area contributed by atoms with Crippen molar-refractivity contribution in [3.05, 3.63) is 95.1 Å². The zero-order valence-corrected chi connectivity index (χ0v) is 22.3. The summed E-state index contributed by atoms with van der Waals surface area (Å²) in [4.78, 5) is 25.0. The number of nitrogens with zero attached hydrogens (tertiary/aromatic N) is 1. The number of benzene rings is 3. The third-order valence-corrected chi connectivity index (χ3v) is 6.62. The number of hydrogen-bond donors (Lipinski definition) is 0. The predicted molar refractivity (Wildman–Crippen MR) is 145 cm³/mol. The molecule has 192 valence electrons. The minimum atomic E-state index is -0.575. The molecule has 0 saturated heterocycles. The third-order valence-electron chi connectivity index (χ3n) is 6.62. The normalized spacial score (nSPS) is 13.6. The van der Waals surface area contributed by atoms with Gasteiger partial charge in [-0.25, -0.2) is 0 Å². The lowest BCUT2D eigenvalue weighted by atomic mass is 9.70. The first-order valence-corrected chi connectivity index (χ1v) is 12.5. The van der Waals surface area contributed by atoms with Crippen LogP contribution in [0.25, 0.3) is 0 Å². The molecule has 0 spiro atoms. The van der Waals surface area contributed by atoms with E-state index in [-0.39, 0.29) is 11.7 Å². The first-order valence-electron chi connectivity index (χ1n) is 12.5. The molecule has 0 aliphatic heterocycles. The summed E-state index contributed by atoms with van der Waals surface area (Å²) in [6.45, 7) is 8.06. The van der Waals surface area contributed by atoms with Gasteiger partial charge in [-0.15, -0.1) is 0 Å². The molecule has 2 atom stereocenters. The van der Waals surface area contributed by atoms with Crippen molar-refractivity contribution < 1.29 is 19.1 Å². The van der Waals surface area contributed by atoms with Crippen LogP contribution in [0.2, 0.25) is 0 Å². The highest BCUT2D eigenvalue weighted by Crippen LogP contribution is 2.39. The van der Waals surface area contributed by atoms with E-state index in [4.69, 9.17) is 9.47 Å². The Morgan fingerprint density at radius 1 is 1.03 bits per heavy atom. The lowest BCUT2D eigenvalue weighted by Crippen LogP contribution is -2.28. The van der Waals surface area contributed by atoms with Crippen molar-refractivity contribution >= 4 is 12.1 Å². The van der Waals surface area contributed by atoms with E-state index in [0.717, 1.165) is 17.4 Å². The molecule has 0 bridgehead atoms. The van der Waals surface area contributed by atoms with Gasteiger partial charge in [0.25, 0.3) is 0 Å². The van der Waals surface area contributed by atoms with Crippen LogP contribution < -0.4 is 9.47 Å². The average molecular weight is 498 g/mol. The maximum Gasteiger partial charge on any atom is 0.196 e. The van der Waals surface area contributed by atoms with E-state index in [1.54, 1.807) is 37.4 Å². The van der Waals surface area contributed by atoms with Gasteiger partial charge in [-0.1, -0.05) is 68.4 Å². The Labute approximate surface area is 220 Å². The molecule has 37 heavy (non-hydrogen) atoms. The minimum Gasteiger partial charge on any atom is -0.497 e. The fourth-order valence-corrected chi connectivity index (χ4v) is 4.81. The number of nitriles is 1. The molecule has 0 N–H and O–H groups in total. The van der Waals surface area contributed by atoms with Crippen LogP contribution in [0.15, 0.2) is 72.8 Å². The largest absolute Gasteiger partial charge is 0.497 e. The van der Waals surface area contributed by atoms with Crippen LogP contribution in [0, 0.1) is 22.2 Å². The van der Waals surface area contributed by atoms with Crippen LogP contribution >= 0.6 is 0 Å². The van der Waals surface area contributed by atoms with E-state index in [2.05, 4.69) is 13.0 Å². The monoisotopic (exact) mass is 497 g/mol. The van der Waals surface area contributed by atoms with Gasteiger partial charge in [0.05, 0.1) is 24.2 Å². The molecular formula is C32H35NO4. The number of aldehydes is 1. The zero-order valence-electron chi connectivity index (χ0n) is 22.3. The van der Waals surface area contributed by atoms with Crippen LogP contribution in [-0.2, 0) is 11.4 Å². The van der Waals surface area contributed by atoms with Gasteiger partial charge in [-0.2, -0.15) is 5.26 Å². The number of carbonyl (C=O) groups excluding carboxylic acids is 2. The Hall–Kier alpha value is -3.91. The van der Waals surface area contributed by atoms with Crippen LogP contribution in [0.3, 0.4) is 0 Å². The van der Waals surface area contributed by atoms with Crippen molar-refractivity contribution in [1.29, 1.82) is 5.26 Å². The molecule has 3 aromatic rings. The first-order chi connectivity index (χ1) is 17.6. The number of ether oxygens (including phenoxy) is 2. The SMILES string of the molecule is COc1ccc(C(=O)c2ccccc2)c(OCc2ccc(C(C)CC(C)(C=O)CC(C)(C)C#N)cc2)c1. The molecule has 0 saturated carbocycles. The maximum atomic E-state index is 13.1. The molecule has 0 fully saturated rings. The molecule has 0 heterocycles. The number of carbonyl (C=O) groups is 2. The van der Waals surface area contributed by atoms with E-state index >= 15 is 0 Å². The smallest absolute Gasteiger partial charge is 0.196 e. The zero-order chi connectivity index (χ0) is 27.1. The van der Waals surface area contributed by atoms with Gasteiger partial charge < -0.3 is 14.3 Å². The highest BCUT2D eigenvalue weighted by atomic mass is 16.5. The van der Waals surface area contributed by atoms with Crippen molar-refractivity contribution in [2.24, 2.45) is 10.8 Å². The standard InChI is InChI=1S/C32H35NO4/c1-23(18-32(4,22-34)20-31(2,3)21-33)25-13-11-24(12-14-25)19-37-29-17-27(36-5)15-16-28(29)30(35)26-9-7-6-8-10-26/h6-17,22-23H,18-20H2,1-5H3. The van der Waals surface area contributed by atoms with Gasteiger partial charge in [0.1, 0.15) is 24.4 Å². The fraction of sp³-hybridized carbons (Fsp3) is 0.344. The summed E-state index contributed by atoms with van der Waals surface area (Å²) in [5.41, 5.74) is 2.02. The Balaban J connectivity index is 1.72. The second kappa shape index (κ2) is 11.9. The molecule has 2 unspecified atom stereocenters. The van der Waals surface area contributed by atoms with Crippen molar-refractivity contribution in [1.82, 2.24) is 0 Å². The van der Waals surface area contributed by atoms with Crippen molar-refractivity contribution in [2.75, 3.05) is 7.11 Å². The predicted octanol–water partition coefficient (Wildman–Crippen LogP) is 7.14. The molecule has 0 radical (unpaired) electrons. The Bertz CT molecular complexity index is 1260. The van der Waals surface area contributed by atoms with Crippen LogP contribution in [0.1, 0.15) is 73.5 Å². The van der Waals surface area contributed by atoms with E-state index in [9.17, 15) is 14.9 Å². The minimum absolute atomic E-state index is 0.111. The van der Waals surface area contributed by atoms with Gasteiger partial charge >= 0.3 is 0 Å². The Morgan fingerprint density at radius 2 is 1.70 bits per heavy atom. The molecule has 0 amide bonds. The number of ketones is 1. The number of methoxy groups -OCH3 is 1. The molecule has 0 aliphatic carbocycles. The van der Waals surface area contributed by atoms with E-state index in [0.29, 0.717) is 42.1 Å². The third kappa shape index (κ3) is 7.30.